The van der Waals surface area contributed by atoms with Gasteiger partial charge in [-0.05, 0) is 18.6 Å². The number of benzene rings is 1. The summed E-state index contributed by atoms with van der Waals surface area (Å²) in [6.45, 7) is 3.24. The van der Waals surface area contributed by atoms with Gasteiger partial charge in [0.1, 0.15) is 5.69 Å². The van der Waals surface area contributed by atoms with Gasteiger partial charge in [0, 0.05) is 17.7 Å². The summed E-state index contributed by atoms with van der Waals surface area (Å²) in [5.74, 6) is -0.505. The summed E-state index contributed by atoms with van der Waals surface area (Å²) in [4.78, 5) is 26.7. The smallest absolute Gasteiger partial charge is 0.293 e. The quantitative estimate of drug-likeness (QED) is 0.501. The summed E-state index contributed by atoms with van der Waals surface area (Å²) in [5.41, 5.74) is 0.586. The van der Waals surface area contributed by atoms with E-state index in [-0.39, 0.29) is 22.8 Å². The molecule has 1 aromatic carbocycles. The zero-order chi connectivity index (χ0) is 18.9. The molecule has 9 nitrogen and oxygen atoms in total. The van der Waals surface area contributed by atoms with E-state index in [0.29, 0.717) is 12.1 Å². The minimum atomic E-state index is -3.10. The van der Waals surface area contributed by atoms with Gasteiger partial charge in [-0.25, -0.2) is 8.42 Å². The molecule has 0 spiro atoms. The molecule has 2 saturated heterocycles. The molecule has 2 heterocycles. The number of nitrogens with one attached hydrogen (secondary N) is 2. The number of sulfone groups is 1. The van der Waals surface area contributed by atoms with Gasteiger partial charge in [-0.3, -0.25) is 14.9 Å². The van der Waals surface area contributed by atoms with Crippen molar-refractivity contribution < 1.29 is 23.0 Å². The number of amides is 1. The molecule has 1 amide bonds. The van der Waals surface area contributed by atoms with Crippen molar-refractivity contribution in [2.24, 2.45) is 0 Å². The second-order valence-electron chi connectivity index (χ2n) is 6.98. The first-order valence-electron chi connectivity index (χ1n) is 8.61. The molecule has 2 aliphatic rings. The topological polar surface area (TPSA) is 114 Å². The number of nitrogens with zero attached hydrogens (tertiary/aromatic N) is 2. The van der Waals surface area contributed by atoms with Crippen molar-refractivity contribution in [2.45, 2.75) is 12.5 Å². The highest BCUT2D eigenvalue weighted by molar-refractivity contribution is 7.91. The number of hydrogen-bond donors (Lipinski definition) is 2. The molecule has 10 heteroatoms. The third-order valence-corrected chi connectivity index (χ3v) is 6.73. The fourth-order valence-electron chi connectivity index (χ4n) is 3.39. The van der Waals surface area contributed by atoms with Crippen LogP contribution in [0.3, 0.4) is 0 Å². The number of hydrogen-bond acceptors (Lipinski definition) is 6. The van der Waals surface area contributed by atoms with Gasteiger partial charge in [-0.15, -0.1) is 0 Å². The van der Waals surface area contributed by atoms with Gasteiger partial charge in [0.05, 0.1) is 49.7 Å². The van der Waals surface area contributed by atoms with Crippen LogP contribution in [0.25, 0.3) is 0 Å². The Balaban J connectivity index is 1.77. The Morgan fingerprint density at radius 3 is 2.62 bits per heavy atom. The molecule has 0 bridgehead atoms. The van der Waals surface area contributed by atoms with Crippen LogP contribution in [-0.4, -0.2) is 70.0 Å². The van der Waals surface area contributed by atoms with E-state index >= 15 is 0 Å². The first-order chi connectivity index (χ1) is 12.2. The number of anilines is 1. The Morgan fingerprint density at radius 1 is 1.35 bits per heavy atom. The van der Waals surface area contributed by atoms with E-state index in [2.05, 4.69) is 12.4 Å². The van der Waals surface area contributed by atoms with Crippen LogP contribution >= 0.6 is 0 Å². The monoisotopic (exact) mass is 383 g/mol. The molecule has 0 saturated carbocycles. The predicted octanol–water partition coefficient (Wildman–Crippen LogP) is -1.15. The number of nitro benzene ring substituents is 1. The summed E-state index contributed by atoms with van der Waals surface area (Å²) in [5, 5.41) is 14.2. The molecule has 0 unspecified atom stereocenters. The summed E-state index contributed by atoms with van der Waals surface area (Å²) in [6, 6.07) is 4.01. The molecule has 0 aliphatic carbocycles. The van der Waals surface area contributed by atoms with Crippen molar-refractivity contribution >= 4 is 27.1 Å². The van der Waals surface area contributed by atoms with Gasteiger partial charge in [0.25, 0.3) is 11.6 Å². The van der Waals surface area contributed by atoms with Crippen molar-refractivity contribution in [3.05, 3.63) is 33.9 Å². The van der Waals surface area contributed by atoms with Crippen molar-refractivity contribution in [1.29, 1.82) is 0 Å². The Kier molecular flexibility index (Phi) is 5.15. The van der Waals surface area contributed by atoms with E-state index in [1.54, 1.807) is 12.1 Å². The van der Waals surface area contributed by atoms with Gasteiger partial charge < -0.3 is 15.1 Å². The van der Waals surface area contributed by atoms with Crippen LogP contribution in [-0.2, 0) is 9.84 Å². The molecular formula is C16H23N4O5S+. The Morgan fingerprint density at radius 2 is 2.04 bits per heavy atom. The molecule has 142 valence electrons. The first kappa shape index (κ1) is 18.6. The highest BCUT2D eigenvalue weighted by Crippen LogP contribution is 2.29. The zero-order valence-electron chi connectivity index (χ0n) is 14.6. The van der Waals surface area contributed by atoms with Gasteiger partial charge in [-0.1, -0.05) is 0 Å². The summed E-state index contributed by atoms with van der Waals surface area (Å²) in [7, 11) is -1.02. The lowest BCUT2D eigenvalue weighted by atomic mass is 10.1. The van der Waals surface area contributed by atoms with Gasteiger partial charge in [0.2, 0.25) is 0 Å². The molecule has 1 atom stereocenters. The summed E-state index contributed by atoms with van der Waals surface area (Å²) in [6.07, 6.45) is 0.373. The number of carbonyl (C=O) groups excluding carboxylic acids is 1. The second-order valence-corrected chi connectivity index (χ2v) is 9.21. The minimum Gasteiger partial charge on any atom is -0.355 e. The number of likely N-dealkylation sites (N-methyl/N-ethyl adjacent to an activating group) is 1. The SMILES string of the molecule is C[NH+]1CCN(c2ccc(C(=O)N[C@@H]3CCS(=O)(=O)C3)cc2[N+](=O)[O-])CC1. The maximum absolute atomic E-state index is 12.4. The minimum absolute atomic E-state index is 0.0580. The molecule has 0 aromatic heterocycles. The molecule has 1 aromatic rings. The number of carbonyl (C=O) groups is 1. The summed E-state index contributed by atoms with van der Waals surface area (Å²) < 4.78 is 23.0. The van der Waals surface area contributed by atoms with Crippen LogP contribution in [0.4, 0.5) is 11.4 Å². The average Bonchev–Trinajstić information content (AvgIpc) is 2.93. The zero-order valence-corrected chi connectivity index (χ0v) is 15.4. The maximum Gasteiger partial charge on any atom is 0.293 e. The van der Waals surface area contributed by atoms with E-state index in [9.17, 15) is 23.3 Å². The van der Waals surface area contributed by atoms with E-state index in [4.69, 9.17) is 0 Å². The lowest BCUT2D eigenvalue weighted by Crippen LogP contribution is -3.12. The van der Waals surface area contributed by atoms with Crippen LogP contribution in [0.5, 0.6) is 0 Å². The number of piperazine rings is 1. The molecule has 3 rings (SSSR count). The standard InChI is InChI=1S/C16H22N4O5S/c1-18-5-7-19(8-6-18)14-3-2-12(10-15(14)20(22)23)16(21)17-13-4-9-26(24,25)11-13/h2-3,10,13H,4-9,11H2,1H3,(H,17,21)/p+1/t13-/m1/s1. The summed E-state index contributed by atoms with van der Waals surface area (Å²) >= 11 is 0. The van der Waals surface area contributed by atoms with Crippen molar-refractivity contribution in [1.82, 2.24) is 5.32 Å². The molecular weight excluding hydrogens is 360 g/mol. The van der Waals surface area contributed by atoms with E-state index in [1.807, 2.05) is 4.90 Å². The molecule has 2 N–H and O–H groups in total. The van der Waals surface area contributed by atoms with E-state index in [1.165, 1.54) is 11.0 Å². The molecule has 0 radical (unpaired) electrons. The van der Waals surface area contributed by atoms with Crippen LogP contribution in [0.15, 0.2) is 18.2 Å². The molecule has 2 fully saturated rings. The Hall–Kier alpha value is -2.20. The average molecular weight is 383 g/mol. The van der Waals surface area contributed by atoms with Crippen LogP contribution < -0.4 is 15.1 Å². The van der Waals surface area contributed by atoms with Gasteiger partial charge in [0.15, 0.2) is 9.84 Å². The Labute approximate surface area is 152 Å². The van der Waals surface area contributed by atoms with Gasteiger partial charge >= 0.3 is 0 Å². The van der Waals surface area contributed by atoms with Crippen LogP contribution in [0.1, 0.15) is 16.8 Å². The third kappa shape index (κ3) is 4.13. The highest BCUT2D eigenvalue weighted by atomic mass is 32.2. The lowest BCUT2D eigenvalue weighted by Gasteiger charge is -2.31. The van der Waals surface area contributed by atoms with E-state index in [0.717, 1.165) is 26.2 Å². The van der Waals surface area contributed by atoms with Crippen LogP contribution in [0, 0.1) is 10.1 Å². The van der Waals surface area contributed by atoms with E-state index < -0.39 is 26.7 Å². The lowest BCUT2D eigenvalue weighted by molar-refractivity contribution is -0.880. The Bertz CT molecular complexity index is 818. The largest absolute Gasteiger partial charge is 0.355 e. The number of quaternary nitrogens is 1. The normalized spacial score (nSPS) is 23.0. The van der Waals surface area contributed by atoms with Crippen molar-refractivity contribution in [3.63, 3.8) is 0 Å². The predicted molar refractivity (Wildman–Crippen MR) is 96.5 cm³/mol. The van der Waals surface area contributed by atoms with Crippen LogP contribution in [0.2, 0.25) is 0 Å². The molecule has 2 aliphatic heterocycles. The maximum atomic E-state index is 12.4. The van der Waals surface area contributed by atoms with Gasteiger partial charge in [-0.2, -0.15) is 0 Å². The third-order valence-electron chi connectivity index (χ3n) is 4.96. The first-order valence-corrected chi connectivity index (χ1v) is 10.4. The van der Waals surface area contributed by atoms with Crippen molar-refractivity contribution in [2.75, 3.05) is 49.6 Å². The number of rotatable bonds is 4. The highest BCUT2D eigenvalue weighted by Gasteiger charge is 2.30. The second kappa shape index (κ2) is 7.20. The number of nitro groups is 1. The fraction of sp³-hybridized carbons (Fsp3) is 0.562. The van der Waals surface area contributed by atoms with Crippen molar-refractivity contribution in [3.8, 4) is 0 Å². The fourth-order valence-corrected chi connectivity index (χ4v) is 5.06. The molecule has 26 heavy (non-hydrogen) atoms.